The molecule has 0 N–H and O–H groups in total. The van der Waals surface area contributed by atoms with Crippen LogP contribution in [-0.2, 0) is 13.6 Å². The number of aromatic nitrogens is 2. The SMILES string of the molecule is C[C@H]1CCCN(Cc2cnn(C)c2)C1. The zero-order valence-corrected chi connectivity index (χ0v) is 9.11. The fourth-order valence-electron chi connectivity index (χ4n) is 2.24. The molecule has 2 heterocycles. The van der Waals surface area contributed by atoms with E-state index in [-0.39, 0.29) is 0 Å². The molecule has 0 spiro atoms. The van der Waals surface area contributed by atoms with Crippen LogP contribution in [0.3, 0.4) is 0 Å². The summed E-state index contributed by atoms with van der Waals surface area (Å²) < 4.78 is 1.88. The van der Waals surface area contributed by atoms with Crippen molar-refractivity contribution >= 4 is 0 Å². The van der Waals surface area contributed by atoms with Gasteiger partial charge in [-0.15, -0.1) is 0 Å². The predicted molar refractivity (Wildman–Crippen MR) is 56.9 cm³/mol. The second kappa shape index (κ2) is 4.13. The fourth-order valence-corrected chi connectivity index (χ4v) is 2.24. The Morgan fingerprint density at radius 1 is 1.57 bits per heavy atom. The van der Waals surface area contributed by atoms with Crippen molar-refractivity contribution in [3.05, 3.63) is 18.0 Å². The third kappa shape index (κ3) is 2.35. The number of hydrogen-bond donors (Lipinski definition) is 0. The minimum Gasteiger partial charge on any atom is -0.299 e. The molecule has 0 unspecified atom stereocenters. The van der Waals surface area contributed by atoms with Gasteiger partial charge in [0.2, 0.25) is 0 Å². The van der Waals surface area contributed by atoms with Crippen molar-refractivity contribution in [3.8, 4) is 0 Å². The van der Waals surface area contributed by atoms with Crippen LogP contribution in [0.4, 0.5) is 0 Å². The van der Waals surface area contributed by atoms with Gasteiger partial charge in [-0.2, -0.15) is 5.10 Å². The van der Waals surface area contributed by atoms with Crippen LogP contribution in [0, 0.1) is 5.92 Å². The number of hydrogen-bond acceptors (Lipinski definition) is 2. The third-order valence-electron chi connectivity index (χ3n) is 2.91. The molecular formula is C11H19N3. The maximum absolute atomic E-state index is 4.19. The van der Waals surface area contributed by atoms with Gasteiger partial charge in [0.25, 0.3) is 0 Å². The second-order valence-electron chi connectivity index (χ2n) is 4.50. The molecule has 1 aliphatic rings. The first kappa shape index (κ1) is 9.71. The zero-order valence-electron chi connectivity index (χ0n) is 9.11. The Balaban J connectivity index is 1.90. The van der Waals surface area contributed by atoms with Gasteiger partial charge in [0.15, 0.2) is 0 Å². The first-order chi connectivity index (χ1) is 6.74. The highest BCUT2D eigenvalue weighted by atomic mass is 15.2. The summed E-state index contributed by atoms with van der Waals surface area (Å²) >= 11 is 0. The van der Waals surface area contributed by atoms with Gasteiger partial charge in [-0.05, 0) is 25.3 Å². The molecular weight excluding hydrogens is 174 g/mol. The van der Waals surface area contributed by atoms with Gasteiger partial charge in [0.05, 0.1) is 6.20 Å². The summed E-state index contributed by atoms with van der Waals surface area (Å²) in [6.45, 7) is 5.90. The molecule has 0 amide bonds. The van der Waals surface area contributed by atoms with Crippen molar-refractivity contribution in [2.75, 3.05) is 13.1 Å². The van der Waals surface area contributed by atoms with Crippen LogP contribution in [0.15, 0.2) is 12.4 Å². The van der Waals surface area contributed by atoms with Crippen LogP contribution in [0.1, 0.15) is 25.3 Å². The van der Waals surface area contributed by atoms with Gasteiger partial charge < -0.3 is 0 Å². The molecule has 2 rings (SSSR count). The lowest BCUT2D eigenvalue weighted by Gasteiger charge is -2.30. The van der Waals surface area contributed by atoms with Gasteiger partial charge in [0.1, 0.15) is 0 Å². The molecule has 14 heavy (non-hydrogen) atoms. The normalized spacial score (nSPS) is 24.0. The van der Waals surface area contributed by atoms with Crippen molar-refractivity contribution in [2.24, 2.45) is 13.0 Å². The summed E-state index contributed by atoms with van der Waals surface area (Å²) in [4.78, 5) is 2.53. The highest BCUT2D eigenvalue weighted by Gasteiger charge is 2.16. The second-order valence-corrected chi connectivity index (χ2v) is 4.50. The third-order valence-corrected chi connectivity index (χ3v) is 2.91. The smallest absolute Gasteiger partial charge is 0.0534 e. The minimum atomic E-state index is 0.862. The van der Waals surface area contributed by atoms with Crippen LogP contribution < -0.4 is 0 Å². The summed E-state index contributed by atoms with van der Waals surface area (Å²) in [5, 5.41) is 4.19. The number of rotatable bonds is 2. The van der Waals surface area contributed by atoms with Crippen molar-refractivity contribution in [3.63, 3.8) is 0 Å². The highest BCUT2D eigenvalue weighted by Crippen LogP contribution is 2.17. The largest absolute Gasteiger partial charge is 0.299 e. The Labute approximate surface area is 85.7 Å². The molecule has 0 aromatic carbocycles. The van der Waals surface area contributed by atoms with Gasteiger partial charge in [0, 0.05) is 31.9 Å². The van der Waals surface area contributed by atoms with Crippen molar-refractivity contribution in [1.29, 1.82) is 0 Å². The summed E-state index contributed by atoms with van der Waals surface area (Å²) in [7, 11) is 1.97. The lowest BCUT2D eigenvalue weighted by atomic mass is 10.0. The van der Waals surface area contributed by atoms with Crippen LogP contribution >= 0.6 is 0 Å². The maximum atomic E-state index is 4.19. The molecule has 1 aliphatic heterocycles. The Bertz CT molecular complexity index is 292. The Morgan fingerprint density at radius 3 is 3.07 bits per heavy atom. The summed E-state index contributed by atoms with van der Waals surface area (Å²) in [5.41, 5.74) is 1.33. The number of nitrogens with zero attached hydrogens (tertiary/aromatic N) is 3. The van der Waals surface area contributed by atoms with Crippen LogP contribution in [-0.4, -0.2) is 27.8 Å². The van der Waals surface area contributed by atoms with Crippen LogP contribution in [0.2, 0.25) is 0 Å². The molecule has 0 aliphatic carbocycles. The first-order valence-corrected chi connectivity index (χ1v) is 5.44. The Morgan fingerprint density at radius 2 is 2.43 bits per heavy atom. The van der Waals surface area contributed by atoms with E-state index in [1.807, 2.05) is 17.9 Å². The number of aryl methyl sites for hydroxylation is 1. The molecule has 1 atom stereocenters. The Hall–Kier alpha value is -0.830. The quantitative estimate of drug-likeness (QED) is 0.712. The Kier molecular flexibility index (Phi) is 2.87. The lowest BCUT2D eigenvalue weighted by molar-refractivity contribution is 0.176. The number of likely N-dealkylation sites (tertiary alicyclic amines) is 1. The highest BCUT2D eigenvalue weighted by molar-refractivity contribution is 5.03. The van der Waals surface area contributed by atoms with E-state index in [4.69, 9.17) is 0 Å². The molecule has 3 heteroatoms. The molecule has 1 saturated heterocycles. The first-order valence-electron chi connectivity index (χ1n) is 5.44. The van der Waals surface area contributed by atoms with E-state index in [1.165, 1.54) is 31.5 Å². The average molecular weight is 193 g/mol. The molecule has 3 nitrogen and oxygen atoms in total. The van der Waals surface area contributed by atoms with Crippen molar-refractivity contribution < 1.29 is 0 Å². The van der Waals surface area contributed by atoms with E-state index in [9.17, 15) is 0 Å². The molecule has 1 aromatic heterocycles. The van der Waals surface area contributed by atoms with E-state index >= 15 is 0 Å². The molecule has 0 saturated carbocycles. The molecule has 1 fully saturated rings. The lowest BCUT2D eigenvalue weighted by Crippen LogP contribution is -2.33. The van der Waals surface area contributed by atoms with Crippen LogP contribution in [0.25, 0.3) is 0 Å². The van der Waals surface area contributed by atoms with E-state index in [2.05, 4.69) is 23.1 Å². The van der Waals surface area contributed by atoms with E-state index in [0.29, 0.717) is 0 Å². The number of piperidine rings is 1. The molecule has 1 aromatic rings. The van der Waals surface area contributed by atoms with Gasteiger partial charge in [-0.3, -0.25) is 9.58 Å². The zero-order chi connectivity index (χ0) is 9.97. The molecule has 0 radical (unpaired) electrons. The average Bonchev–Trinajstić information content (AvgIpc) is 2.51. The predicted octanol–water partition coefficient (Wildman–Crippen LogP) is 1.65. The minimum absolute atomic E-state index is 0.862. The van der Waals surface area contributed by atoms with E-state index in [1.54, 1.807) is 0 Å². The van der Waals surface area contributed by atoms with Crippen LogP contribution in [0.5, 0.6) is 0 Å². The molecule has 0 bridgehead atoms. The van der Waals surface area contributed by atoms with Crippen molar-refractivity contribution in [1.82, 2.24) is 14.7 Å². The summed E-state index contributed by atoms with van der Waals surface area (Å²) in [6.07, 6.45) is 6.82. The monoisotopic (exact) mass is 193 g/mol. The fraction of sp³-hybridized carbons (Fsp3) is 0.727. The van der Waals surface area contributed by atoms with E-state index in [0.717, 1.165) is 12.5 Å². The topological polar surface area (TPSA) is 21.1 Å². The van der Waals surface area contributed by atoms with Crippen molar-refractivity contribution in [2.45, 2.75) is 26.3 Å². The van der Waals surface area contributed by atoms with Gasteiger partial charge in [-0.1, -0.05) is 6.92 Å². The summed E-state index contributed by atoms with van der Waals surface area (Å²) in [5.74, 6) is 0.862. The van der Waals surface area contributed by atoms with E-state index < -0.39 is 0 Å². The molecule has 78 valence electrons. The maximum Gasteiger partial charge on any atom is 0.0534 e. The van der Waals surface area contributed by atoms with Gasteiger partial charge in [-0.25, -0.2) is 0 Å². The standard InChI is InChI=1S/C11H19N3/c1-10-4-3-5-14(7-10)9-11-6-12-13(2)8-11/h6,8,10H,3-5,7,9H2,1-2H3/t10-/m0/s1. The summed E-state index contributed by atoms with van der Waals surface area (Å²) in [6, 6.07) is 0. The van der Waals surface area contributed by atoms with Gasteiger partial charge >= 0.3 is 0 Å².